The van der Waals surface area contributed by atoms with Crippen LogP contribution in [0.25, 0.3) is 0 Å². The maximum Gasteiger partial charge on any atom is 0.339 e. The van der Waals surface area contributed by atoms with E-state index in [1.165, 1.54) is 12.1 Å². The van der Waals surface area contributed by atoms with E-state index in [0.29, 0.717) is 18.7 Å². The first-order valence-corrected chi connectivity index (χ1v) is 11.5. The van der Waals surface area contributed by atoms with Crippen LogP contribution in [0.15, 0.2) is 89.8 Å². The molecule has 1 atom stereocenters. The lowest BCUT2D eigenvalue weighted by Gasteiger charge is -2.33. The van der Waals surface area contributed by atoms with Crippen LogP contribution < -0.4 is 4.18 Å². The van der Waals surface area contributed by atoms with Gasteiger partial charge in [0.15, 0.2) is 0 Å². The molecule has 0 bridgehead atoms. The Morgan fingerprint density at radius 1 is 0.903 bits per heavy atom. The van der Waals surface area contributed by atoms with Gasteiger partial charge in [-0.05, 0) is 30.2 Å². The van der Waals surface area contributed by atoms with E-state index < -0.39 is 16.2 Å². The van der Waals surface area contributed by atoms with Gasteiger partial charge in [0.05, 0.1) is 6.54 Å². The third kappa shape index (κ3) is 5.13. The molecule has 6 nitrogen and oxygen atoms in total. The molecule has 0 saturated carbocycles. The van der Waals surface area contributed by atoms with Crippen molar-refractivity contribution in [2.24, 2.45) is 0 Å². The average Bonchev–Trinajstić information content (AvgIpc) is 2.80. The van der Waals surface area contributed by atoms with Crippen molar-refractivity contribution >= 4 is 16.0 Å². The normalized spacial score (nSPS) is 16.8. The molecule has 0 aliphatic carbocycles. The molecule has 0 radical (unpaired) electrons. The van der Waals surface area contributed by atoms with E-state index in [0.717, 1.165) is 12.0 Å². The maximum absolute atomic E-state index is 12.7. The Morgan fingerprint density at radius 2 is 1.55 bits per heavy atom. The van der Waals surface area contributed by atoms with Crippen LogP contribution in [0.4, 0.5) is 0 Å². The Balaban J connectivity index is 1.51. The highest BCUT2D eigenvalue weighted by molar-refractivity contribution is 7.87. The van der Waals surface area contributed by atoms with Crippen molar-refractivity contribution < 1.29 is 22.1 Å². The summed E-state index contributed by atoms with van der Waals surface area (Å²) in [7, 11) is -3.98. The lowest BCUT2D eigenvalue weighted by Crippen LogP contribution is -2.44. The molecular weight excluding hydrogens is 414 g/mol. The van der Waals surface area contributed by atoms with Gasteiger partial charge in [-0.2, -0.15) is 8.42 Å². The third-order valence-electron chi connectivity index (χ3n) is 5.16. The van der Waals surface area contributed by atoms with Crippen molar-refractivity contribution in [1.82, 2.24) is 4.90 Å². The van der Waals surface area contributed by atoms with Crippen LogP contribution in [-0.4, -0.2) is 38.9 Å². The molecule has 1 saturated heterocycles. The van der Waals surface area contributed by atoms with Gasteiger partial charge >= 0.3 is 10.1 Å². The van der Waals surface area contributed by atoms with Gasteiger partial charge in [0.1, 0.15) is 23.4 Å². The lowest BCUT2D eigenvalue weighted by atomic mass is 10.1. The molecule has 0 N–H and O–H groups in total. The zero-order chi connectivity index (χ0) is 21.7. The number of ether oxygens (including phenoxy) is 1. The number of hydrogen-bond acceptors (Lipinski definition) is 5. The molecule has 31 heavy (non-hydrogen) atoms. The Bertz CT molecular complexity index is 1130. The molecule has 1 heterocycles. The fourth-order valence-corrected chi connectivity index (χ4v) is 4.48. The minimum Gasteiger partial charge on any atom is -0.379 e. The monoisotopic (exact) mass is 437 g/mol. The van der Waals surface area contributed by atoms with Gasteiger partial charge in [-0.15, -0.1) is 0 Å². The van der Waals surface area contributed by atoms with E-state index >= 15 is 0 Å². The standard InChI is InChI=1S/C24H23NO5S/c26-24-18-29-23(17-25(24)16-15-19-9-3-1-4-10-19)21-13-7-8-14-22(21)30-31(27,28)20-11-5-2-6-12-20/h1-14,23H,15-18H2/t23-/m1/s1. The van der Waals surface area contributed by atoms with Gasteiger partial charge in [0.2, 0.25) is 5.91 Å². The number of carbonyl (C=O) groups excluding carboxylic acids is 1. The fourth-order valence-electron chi connectivity index (χ4n) is 3.51. The van der Waals surface area contributed by atoms with Gasteiger partial charge < -0.3 is 13.8 Å². The number of nitrogens with zero attached hydrogens (tertiary/aromatic N) is 1. The van der Waals surface area contributed by atoms with E-state index in [4.69, 9.17) is 8.92 Å². The summed E-state index contributed by atoms with van der Waals surface area (Å²) in [6, 6.07) is 24.8. The molecule has 1 amide bonds. The van der Waals surface area contributed by atoms with E-state index in [9.17, 15) is 13.2 Å². The molecule has 3 aromatic rings. The van der Waals surface area contributed by atoms with Crippen molar-refractivity contribution in [3.05, 3.63) is 96.1 Å². The summed E-state index contributed by atoms with van der Waals surface area (Å²) in [5, 5.41) is 0. The van der Waals surface area contributed by atoms with E-state index in [-0.39, 0.29) is 23.2 Å². The van der Waals surface area contributed by atoms with Gasteiger partial charge in [-0.1, -0.05) is 66.7 Å². The molecule has 0 spiro atoms. The highest BCUT2D eigenvalue weighted by Gasteiger charge is 2.30. The summed E-state index contributed by atoms with van der Waals surface area (Å²) in [5.41, 5.74) is 1.75. The number of benzene rings is 3. The van der Waals surface area contributed by atoms with Crippen molar-refractivity contribution in [1.29, 1.82) is 0 Å². The Kier molecular flexibility index (Phi) is 6.34. The quantitative estimate of drug-likeness (QED) is 0.528. The van der Waals surface area contributed by atoms with Gasteiger partial charge in [-0.25, -0.2) is 0 Å². The smallest absolute Gasteiger partial charge is 0.339 e. The first-order valence-electron chi connectivity index (χ1n) is 10.0. The molecule has 1 aliphatic heterocycles. The van der Waals surface area contributed by atoms with Gasteiger partial charge in [-0.3, -0.25) is 4.79 Å². The second kappa shape index (κ2) is 9.32. The second-order valence-electron chi connectivity index (χ2n) is 7.26. The van der Waals surface area contributed by atoms with Crippen LogP contribution in [0.5, 0.6) is 5.75 Å². The summed E-state index contributed by atoms with van der Waals surface area (Å²) in [6.07, 6.45) is 0.260. The molecule has 4 rings (SSSR count). The molecule has 1 fully saturated rings. The Morgan fingerprint density at radius 3 is 2.29 bits per heavy atom. The van der Waals surface area contributed by atoms with Gasteiger partial charge in [0, 0.05) is 12.1 Å². The predicted molar refractivity (Wildman–Crippen MR) is 116 cm³/mol. The number of carbonyl (C=O) groups is 1. The summed E-state index contributed by atoms with van der Waals surface area (Å²) in [5.74, 6) is 0.121. The SMILES string of the molecule is O=C1CO[C@@H](c2ccccc2OS(=O)(=O)c2ccccc2)CN1CCc1ccccc1. The lowest BCUT2D eigenvalue weighted by molar-refractivity contribution is -0.149. The van der Waals surface area contributed by atoms with Crippen molar-refractivity contribution in [3.63, 3.8) is 0 Å². The average molecular weight is 438 g/mol. The first-order chi connectivity index (χ1) is 15.0. The largest absolute Gasteiger partial charge is 0.379 e. The number of rotatable bonds is 7. The number of hydrogen-bond donors (Lipinski definition) is 0. The second-order valence-corrected chi connectivity index (χ2v) is 8.81. The van der Waals surface area contributed by atoms with Gasteiger partial charge in [0.25, 0.3) is 0 Å². The summed E-state index contributed by atoms with van der Waals surface area (Å²) >= 11 is 0. The predicted octanol–water partition coefficient (Wildman–Crippen LogP) is 3.60. The number of para-hydroxylation sites is 1. The minimum atomic E-state index is -3.98. The highest BCUT2D eigenvalue weighted by atomic mass is 32.2. The Labute approximate surface area is 182 Å². The summed E-state index contributed by atoms with van der Waals surface area (Å²) < 4.78 is 36.6. The van der Waals surface area contributed by atoms with Crippen molar-refractivity contribution in [2.75, 3.05) is 19.7 Å². The summed E-state index contributed by atoms with van der Waals surface area (Å²) in [6.45, 7) is 0.838. The first kappa shape index (κ1) is 21.1. The van der Waals surface area contributed by atoms with Crippen molar-refractivity contribution in [2.45, 2.75) is 17.4 Å². The highest BCUT2D eigenvalue weighted by Crippen LogP contribution is 2.32. The summed E-state index contributed by atoms with van der Waals surface area (Å²) in [4.78, 5) is 14.2. The van der Waals surface area contributed by atoms with E-state index in [1.807, 2.05) is 30.3 Å². The molecule has 1 aliphatic rings. The van der Waals surface area contributed by atoms with E-state index in [2.05, 4.69) is 0 Å². The van der Waals surface area contributed by atoms with Crippen LogP contribution in [0, 0.1) is 0 Å². The van der Waals surface area contributed by atoms with Crippen LogP contribution in [0.1, 0.15) is 17.2 Å². The zero-order valence-corrected chi connectivity index (χ0v) is 17.7. The van der Waals surface area contributed by atoms with Crippen LogP contribution in [0.2, 0.25) is 0 Å². The van der Waals surface area contributed by atoms with Crippen LogP contribution >= 0.6 is 0 Å². The molecule has 0 unspecified atom stereocenters. The molecule has 7 heteroatoms. The van der Waals surface area contributed by atoms with Crippen LogP contribution in [0.3, 0.4) is 0 Å². The topological polar surface area (TPSA) is 72.9 Å². The number of morpholine rings is 1. The zero-order valence-electron chi connectivity index (χ0n) is 16.9. The third-order valence-corrected chi connectivity index (χ3v) is 6.41. The Hall–Kier alpha value is -3.16. The fraction of sp³-hybridized carbons (Fsp3) is 0.208. The minimum absolute atomic E-state index is 0.0563. The van der Waals surface area contributed by atoms with E-state index in [1.54, 1.807) is 47.4 Å². The molecule has 160 valence electrons. The van der Waals surface area contributed by atoms with Crippen molar-refractivity contribution in [3.8, 4) is 5.75 Å². The number of amides is 1. The maximum atomic E-state index is 12.7. The molecular formula is C24H23NO5S. The molecule has 3 aromatic carbocycles. The molecule has 0 aromatic heterocycles. The van der Waals surface area contributed by atoms with Crippen LogP contribution in [-0.2, 0) is 26.1 Å².